The molecular formula is C24H17BrO4. The number of rotatable bonds is 3. The molecule has 0 heterocycles. The van der Waals surface area contributed by atoms with Gasteiger partial charge >= 0.3 is 11.9 Å². The van der Waals surface area contributed by atoms with Gasteiger partial charge in [-0.3, -0.25) is 9.59 Å². The highest BCUT2D eigenvalue weighted by molar-refractivity contribution is 9.10. The standard InChI is InChI=1S/C24H17BrO4/c1-14(26)28-22-12-11-16(25)13-21(22)23-17-7-3-5-9-19(17)24(29-15(2)27)20-10-6-4-8-18(20)23/h3-13H,1-2H3. The number of hydrogen-bond acceptors (Lipinski definition) is 4. The second-order valence-electron chi connectivity index (χ2n) is 6.62. The van der Waals surface area contributed by atoms with Crippen molar-refractivity contribution in [1.29, 1.82) is 0 Å². The van der Waals surface area contributed by atoms with Crippen LogP contribution in [0.2, 0.25) is 0 Å². The molecule has 0 aliphatic rings. The summed E-state index contributed by atoms with van der Waals surface area (Å²) < 4.78 is 12.0. The van der Waals surface area contributed by atoms with E-state index in [2.05, 4.69) is 15.9 Å². The van der Waals surface area contributed by atoms with Gasteiger partial charge in [-0.2, -0.15) is 0 Å². The first kappa shape index (κ1) is 19.2. The van der Waals surface area contributed by atoms with E-state index in [0.717, 1.165) is 37.1 Å². The van der Waals surface area contributed by atoms with Crippen molar-refractivity contribution in [1.82, 2.24) is 0 Å². The second kappa shape index (κ2) is 7.68. The van der Waals surface area contributed by atoms with Gasteiger partial charge in [0.15, 0.2) is 0 Å². The largest absolute Gasteiger partial charge is 0.426 e. The van der Waals surface area contributed by atoms with Crippen LogP contribution in [0.3, 0.4) is 0 Å². The van der Waals surface area contributed by atoms with Gasteiger partial charge in [-0.1, -0.05) is 64.5 Å². The number of esters is 2. The van der Waals surface area contributed by atoms with Crippen LogP contribution in [-0.2, 0) is 9.59 Å². The zero-order valence-corrected chi connectivity index (χ0v) is 17.4. The number of carbonyl (C=O) groups excluding carboxylic acids is 2. The number of fused-ring (bicyclic) bond motifs is 2. The van der Waals surface area contributed by atoms with Crippen LogP contribution in [0, 0.1) is 0 Å². The summed E-state index contributed by atoms with van der Waals surface area (Å²) in [6.07, 6.45) is 0. The van der Waals surface area contributed by atoms with E-state index < -0.39 is 5.97 Å². The second-order valence-corrected chi connectivity index (χ2v) is 7.54. The lowest BCUT2D eigenvalue weighted by atomic mass is 9.91. The Morgan fingerprint density at radius 1 is 0.724 bits per heavy atom. The summed E-state index contributed by atoms with van der Waals surface area (Å²) in [5, 5.41) is 3.42. The summed E-state index contributed by atoms with van der Waals surface area (Å²) >= 11 is 3.53. The average Bonchev–Trinajstić information content (AvgIpc) is 2.69. The van der Waals surface area contributed by atoms with Crippen molar-refractivity contribution in [3.63, 3.8) is 0 Å². The summed E-state index contributed by atoms with van der Waals surface area (Å²) in [6.45, 7) is 2.77. The normalized spacial score (nSPS) is 10.9. The van der Waals surface area contributed by atoms with Crippen LogP contribution in [0.25, 0.3) is 32.7 Å². The molecule has 0 saturated carbocycles. The maximum Gasteiger partial charge on any atom is 0.308 e. The molecule has 0 aliphatic carbocycles. The Bertz CT molecular complexity index is 1220. The van der Waals surface area contributed by atoms with Gasteiger partial charge < -0.3 is 9.47 Å². The maximum atomic E-state index is 11.8. The van der Waals surface area contributed by atoms with Crippen LogP contribution in [0.5, 0.6) is 11.5 Å². The molecule has 5 heteroatoms. The van der Waals surface area contributed by atoms with Gasteiger partial charge in [-0.05, 0) is 29.0 Å². The predicted molar refractivity (Wildman–Crippen MR) is 117 cm³/mol. The third-order valence-corrected chi connectivity index (χ3v) is 5.09. The molecule has 0 unspecified atom stereocenters. The first-order valence-corrected chi connectivity index (χ1v) is 9.85. The van der Waals surface area contributed by atoms with Crippen LogP contribution < -0.4 is 9.47 Å². The van der Waals surface area contributed by atoms with E-state index in [-0.39, 0.29) is 5.97 Å². The van der Waals surface area contributed by atoms with Crippen LogP contribution in [0.1, 0.15) is 13.8 Å². The van der Waals surface area contributed by atoms with Gasteiger partial charge in [-0.15, -0.1) is 0 Å². The summed E-state index contributed by atoms with van der Waals surface area (Å²) in [7, 11) is 0. The molecule has 0 aromatic heterocycles. The molecule has 0 saturated heterocycles. The van der Waals surface area contributed by atoms with Crippen molar-refractivity contribution in [3.8, 4) is 22.6 Å². The van der Waals surface area contributed by atoms with Gasteiger partial charge in [-0.25, -0.2) is 0 Å². The number of halogens is 1. The molecule has 29 heavy (non-hydrogen) atoms. The van der Waals surface area contributed by atoms with Gasteiger partial charge in [0.2, 0.25) is 0 Å². The monoisotopic (exact) mass is 448 g/mol. The Labute approximate surface area is 176 Å². The average molecular weight is 449 g/mol. The fourth-order valence-electron chi connectivity index (χ4n) is 3.57. The Balaban J connectivity index is 2.18. The van der Waals surface area contributed by atoms with Crippen molar-refractivity contribution < 1.29 is 19.1 Å². The Kier molecular flexibility index (Phi) is 5.07. The first-order chi connectivity index (χ1) is 14.0. The van der Waals surface area contributed by atoms with Crippen LogP contribution >= 0.6 is 15.9 Å². The van der Waals surface area contributed by atoms with E-state index in [9.17, 15) is 9.59 Å². The maximum absolute atomic E-state index is 11.8. The Morgan fingerprint density at radius 3 is 1.76 bits per heavy atom. The van der Waals surface area contributed by atoms with Gasteiger partial charge in [0.1, 0.15) is 11.5 Å². The van der Waals surface area contributed by atoms with E-state index in [1.165, 1.54) is 13.8 Å². The number of hydrogen-bond donors (Lipinski definition) is 0. The van der Waals surface area contributed by atoms with Gasteiger partial charge in [0, 0.05) is 40.2 Å². The highest BCUT2D eigenvalue weighted by Gasteiger charge is 2.20. The van der Waals surface area contributed by atoms with Crippen LogP contribution in [-0.4, -0.2) is 11.9 Å². The van der Waals surface area contributed by atoms with Crippen LogP contribution in [0.4, 0.5) is 0 Å². The molecule has 0 amide bonds. The van der Waals surface area contributed by atoms with Crippen LogP contribution in [0.15, 0.2) is 71.2 Å². The number of ether oxygens (including phenoxy) is 2. The zero-order chi connectivity index (χ0) is 20.5. The first-order valence-electron chi connectivity index (χ1n) is 9.06. The third-order valence-electron chi connectivity index (χ3n) is 4.59. The molecule has 4 nitrogen and oxygen atoms in total. The molecule has 0 atom stereocenters. The summed E-state index contributed by atoms with van der Waals surface area (Å²) in [5.41, 5.74) is 1.68. The lowest BCUT2D eigenvalue weighted by molar-refractivity contribution is -0.132. The molecule has 4 rings (SSSR count). The molecule has 0 N–H and O–H groups in total. The molecule has 4 aromatic rings. The minimum Gasteiger partial charge on any atom is -0.426 e. The molecule has 0 bridgehead atoms. The molecule has 0 fully saturated rings. The predicted octanol–water partition coefficient (Wildman–Crippen LogP) is 6.27. The van der Waals surface area contributed by atoms with Crippen molar-refractivity contribution in [3.05, 3.63) is 71.2 Å². The SMILES string of the molecule is CC(=O)Oc1ccc(Br)cc1-c1c2ccccc2c(OC(C)=O)c2ccccc12. The van der Waals surface area contributed by atoms with Gasteiger partial charge in [0.25, 0.3) is 0 Å². The van der Waals surface area contributed by atoms with Crippen molar-refractivity contribution in [2.75, 3.05) is 0 Å². The fourth-order valence-corrected chi connectivity index (χ4v) is 3.93. The van der Waals surface area contributed by atoms with Crippen molar-refractivity contribution in [2.45, 2.75) is 13.8 Å². The topological polar surface area (TPSA) is 52.6 Å². The number of carbonyl (C=O) groups is 2. The van der Waals surface area contributed by atoms with E-state index in [1.54, 1.807) is 6.07 Å². The summed E-state index contributed by atoms with van der Waals surface area (Å²) in [5.74, 6) is 0.225. The highest BCUT2D eigenvalue weighted by atomic mass is 79.9. The lowest BCUT2D eigenvalue weighted by Crippen LogP contribution is -2.04. The molecule has 0 radical (unpaired) electrons. The zero-order valence-electron chi connectivity index (χ0n) is 15.9. The van der Waals surface area contributed by atoms with E-state index in [1.807, 2.05) is 60.7 Å². The highest BCUT2D eigenvalue weighted by Crippen LogP contribution is 2.46. The molecular weight excluding hydrogens is 432 g/mol. The van der Waals surface area contributed by atoms with E-state index >= 15 is 0 Å². The Hall–Kier alpha value is -3.18. The summed E-state index contributed by atoms with van der Waals surface area (Å²) in [4.78, 5) is 23.5. The smallest absolute Gasteiger partial charge is 0.308 e. The van der Waals surface area contributed by atoms with Crippen molar-refractivity contribution in [2.24, 2.45) is 0 Å². The van der Waals surface area contributed by atoms with Crippen molar-refractivity contribution >= 4 is 49.4 Å². The van der Waals surface area contributed by atoms with E-state index in [0.29, 0.717) is 11.5 Å². The van der Waals surface area contributed by atoms with Gasteiger partial charge in [0.05, 0.1) is 0 Å². The molecule has 0 aliphatic heterocycles. The fraction of sp³-hybridized carbons (Fsp3) is 0.0833. The van der Waals surface area contributed by atoms with E-state index in [4.69, 9.17) is 9.47 Å². The summed E-state index contributed by atoms with van der Waals surface area (Å²) in [6, 6.07) is 21.0. The minimum absolute atomic E-state index is 0.379. The molecule has 0 spiro atoms. The lowest BCUT2D eigenvalue weighted by Gasteiger charge is -2.18. The third kappa shape index (κ3) is 3.61. The quantitative estimate of drug-likeness (QED) is 0.210. The number of benzene rings is 4. The molecule has 4 aromatic carbocycles. The minimum atomic E-state index is -0.390. The molecule has 144 valence electrons. The Morgan fingerprint density at radius 2 is 1.24 bits per heavy atom.